The molecule has 4 fully saturated rings. The summed E-state index contributed by atoms with van der Waals surface area (Å²) in [6.07, 6.45) is 4.61. The largest absolute Gasteiger partial charge is 0.377 e. The molecule has 2 saturated heterocycles. The normalized spacial score (nSPS) is 40.0. The predicted molar refractivity (Wildman–Crippen MR) is 93.8 cm³/mol. The molecule has 4 atom stereocenters. The fraction of sp³-hybridized carbons (Fsp3) is 0.941. The van der Waals surface area contributed by atoms with E-state index in [1.165, 1.54) is 12.8 Å². The lowest BCUT2D eigenvalue weighted by Gasteiger charge is -2.55. The molecule has 2 N–H and O–H groups in total. The number of fused-ring (bicyclic) bond motifs is 1. The van der Waals surface area contributed by atoms with Gasteiger partial charge in [-0.15, -0.1) is 0 Å². The lowest BCUT2D eigenvalue weighted by atomic mass is 9.57. The maximum Gasteiger partial charge on any atom is 0.191 e. The number of ether oxygens (including phenoxy) is 1. The van der Waals surface area contributed by atoms with E-state index in [4.69, 9.17) is 9.73 Å². The van der Waals surface area contributed by atoms with Gasteiger partial charge < -0.3 is 15.4 Å². The van der Waals surface area contributed by atoms with Crippen molar-refractivity contribution in [2.45, 2.75) is 57.7 Å². The summed E-state index contributed by atoms with van der Waals surface area (Å²) < 4.78 is 29.1. The number of hydrogen-bond donors (Lipinski definition) is 2. The summed E-state index contributed by atoms with van der Waals surface area (Å²) in [6.45, 7) is 5.98. The summed E-state index contributed by atoms with van der Waals surface area (Å²) in [4.78, 5) is 4.74. The van der Waals surface area contributed by atoms with Crippen molar-refractivity contribution in [2.75, 3.05) is 24.7 Å². The van der Waals surface area contributed by atoms with Crippen molar-refractivity contribution in [1.82, 2.24) is 10.6 Å². The first kappa shape index (κ1) is 16.6. The van der Waals surface area contributed by atoms with Gasteiger partial charge in [-0.1, -0.05) is 13.8 Å². The molecule has 0 aromatic carbocycles. The molecule has 6 nitrogen and oxygen atoms in total. The zero-order chi connectivity index (χ0) is 16.9. The molecule has 4 aliphatic rings. The van der Waals surface area contributed by atoms with Gasteiger partial charge >= 0.3 is 0 Å². The highest BCUT2D eigenvalue weighted by Crippen LogP contribution is 2.52. The Hall–Kier alpha value is -0.820. The average molecular weight is 356 g/mol. The van der Waals surface area contributed by atoms with Crippen LogP contribution in [0.3, 0.4) is 0 Å². The van der Waals surface area contributed by atoms with Crippen molar-refractivity contribution in [3.8, 4) is 0 Å². The van der Waals surface area contributed by atoms with Crippen LogP contribution in [0.15, 0.2) is 4.99 Å². The van der Waals surface area contributed by atoms with E-state index in [2.05, 4.69) is 24.5 Å². The van der Waals surface area contributed by atoms with Crippen molar-refractivity contribution in [2.24, 2.45) is 22.2 Å². The fourth-order valence-corrected chi connectivity index (χ4v) is 6.40. The lowest BCUT2D eigenvalue weighted by Crippen LogP contribution is -2.68. The molecule has 136 valence electrons. The van der Waals surface area contributed by atoms with Crippen LogP contribution in [-0.4, -0.2) is 57.2 Å². The minimum Gasteiger partial charge on any atom is -0.377 e. The van der Waals surface area contributed by atoms with Crippen LogP contribution >= 0.6 is 0 Å². The average Bonchev–Trinajstić information content (AvgIpc) is 3.08. The van der Waals surface area contributed by atoms with Gasteiger partial charge in [0.2, 0.25) is 0 Å². The number of nitrogens with zero attached hydrogens (tertiary/aromatic N) is 1. The smallest absolute Gasteiger partial charge is 0.191 e. The van der Waals surface area contributed by atoms with E-state index in [1.807, 2.05) is 0 Å². The third kappa shape index (κ3) is 3.17. The van der Waals surface area contributed by atoms with Gasteiger partial charge in [-0.05, 0) is 31.6 Å². The molecule has 0 aromatic rings. The van der Waals surface area contributed by atoms with Crippen LogP contribution in [0.1, 0.15) is 39.5 Å². The second-order valence-electron chi connectivity index (χ2n) is 8.56. The third-order valence-corrected chi connectivity index (χ3v) is 7.98. The zero-order valence-electron chi connectivity index (χ0n) is 14.6. The number of aliphatic imine (C=N–C) groups is 1. The van der Waals surface area contributed by atoms with E-state index < -0.39 is 9.84 Å². The van der Waals surface area contributed by atoms with E-state index in [9.17, 15) is 8.42 Å². The molecule has 0 amide bonds. The van der Waals surface area contributed by atoms with Gasteiger partial charge in [0, 0.05) is 36.6 Å². The topological polar surface area (TPSA) is 79.8 Å². The highest BCUT2D eigenvalue weighted by Gasteiger charge is 2.59. The number of sulfone groups is 1. The number of guanidine groups is 1. The van der Waals surface area contributed by atoms with Crippen LogP contribution in [0.4, 0.5) is 0 Å². The third-order valence-electron chi connectivity index (χ3n) is 6.15. The van der Waals surface area contributed by atoms with Crippen molar-refractivity contribution in [1.29, 1.82) is 0 Å². The van der Waals surface area contributed by atoms with Crippen molar-refractivity contribution in [3.05, 3.63) is 0 Å². The van der Waals surface area contributed by atoms with Gasteiger partial charge in [0.15, 0.2) is 15.8 Å². The molecule has 24 heavy (non-hydrogen) atoms. The molecule has 2 heterocycles. The lowest BCUT2D eigenvalue weighted by molar-refractivity contribution is -0.106. The van der Waals surface area contributed by atoms with Crippen LogP contribution in [0.5, 0.6) is 0 Å². The standard InChI is InChI=1S/C17H29N3O3S/c1-17(2)14(13-5-7-23-15(13)17)20-16(19-12-3-4-12)18-9-11-6-8-24(21,22)10-11/h11-15H,3-10H2,1-2H3,(H2,18,19,20). The quantitative estimate of drug-likeness (QED) is 0.579. The first-order valence-electron chi connectivity index (χ1n) is 9.25. The SMILES string of the molecule is CC1(C)C(NC(=NCC2CCS(=O)(=O)C2)NC2CC2)C2CCOC21. The summed E-state index contributed by atoms with van der Waals surface area (Å²) in [6, 6.07) is 0.907. The molecular formula is C17H29N3O3S. The molecule has 2 aliphatic carbocycles. The molecule has 0 aromatic heterocycles. The molecule has 4 rings (SSSR count). The highest BCUT2D eigenvalue weighted by atomic mass is 32.2. The van der Waals surface area contributed by atoms with Crippen molar-refractivity contribution < 1.29 is 13.2 Å². The molecule has 2 saturated carbocycles. The van der Waals surface area contributed by atoms with E-state index >= 15 is 0 Å². The van der Waals surface area contributed by atoms with Crippen LogP contribution < -0.4 is 10.6 Å². The summed E-state index contributed by atoms with van der Waals surface area (Å²) >= 11 is 0. The Morgan fingerprint density at radius 1 is 1.21 bits per heavy atom. The van der Waals surface area contributed by atoms with E-state index in [-0.39, 0.29) is 11.3 Å². The first-order chi connectivity index (χ1) is 11.4. The second kappa shape index (κ2) is 5.87. The first-order valence-corrected chi connectivity index (χ1v) is 11.1. The number of rotatable bonds is 4. The minimum atomic E-state index is -2.83. The molecule has 4 unspecified atom stereocenters. The zero-order valence-corrected chi connectivity index (χ0v) is 15.4. The maximum atomic E-state index is 11.6. The Labute approximate surface area is 144 Å². The molecule has 0 spiro atoms. The minimum absolute atomic E-state index is 0.115. The number of hydrogen-bond acceptors (Lipinski definition) is 4. The van der Waals surface area contributed by atoms with Crippen LogP contribution in [0, 0.1) is 17.3 Å². The van der Waals surface area contributed by atoms with Crippen molar-refractivity contribution >= 4 is 15.8 Å². The Balaban J connectivity index is 1.41. The van der Waals surface area contributed by atoms with Gasteiger partial charge in [-0.25, -0.2) is 8.42 Å². The van der Waals surface area contributed by atoms with Gasteiger partial charge in [-0.3, -0.25) is 4.99 Å². The summed E-state index contributed by atoms with van der Waals surface area (Å²) in [5, 5.41) is 7.14. The van der Waals surface area contributed by atoms with E-state index in [1.54, 1.807) is 0 Å². The fourth-order valence-electron chi connectivity index (χ4n) is 4.55. The van der Waals surface area contributed by atoms with Crippen LogP contribution in [0.25, 0.3) is 0 Å². The number of nitrogens with one attached hydrogen (secondary N) is 2. The van der Waals surface area contributed by atoms with Crippen LogP contribution in [-0.2, 0) is 14.6 Å². The summed E-state index contributed by atoms with van der Waals surface area (Å²) in [5.41, 5.74) is 0.115. The Kier molecular flexibility index (Phi) is 4.07. The monoisotopic (exact) mass is 355 g/mol. The summed E-state index contributed by atoms with van der Waals surface area (Å²) in [7, 11) is -2.83. The second-order valence-corrected chi connectivity index (χ2v) is 10.8. The molecule has 0 bridgehead atoms. The highest BCUT2D eigenvalue weighted by molar-refractivity contribution is 7.91. The van der Waals surface area contributed by atoms with Crippen LogP contribution in [0.2, 0.25) is 0 Å². The Morgan fingerprint density at radius 2 is 2.00 bits per heavy atom. The van der Waals surface area contributed by atoms with Gasteiger partial charge in [0.25, 0.3) is 0 Å². The molecule has 7 heteroatoms. The Bertz CT molecular complexity index is 627. The Morgan fingerprint density at radius 3 is 2.67 bits per heavy atom. The van der Waals surface area contributed by atoms with E-state index in [0.29, 0.717) is 42.2 Å². The van der Waals surface area contributed by atoms with Gasteiger partial charge in [0.1, 0.15) is 0 Å². The maximum absolute atomic E-state index is 11.6. The van der Waals surface area contributed by atoms with Gasteiger partial charge in [0.05, 0.1) is 17.6 Å². The van der Waals surface area contributed by atoms with Crippen molar-refractivity contribution in [3.63, 3.8) is 0 Å². The molecule has 0 radical (unpaired) electrons. The summed E-state index contributed by atoms with van der Waals surface area (Å²) in [5.74, 6) is 2.22. The predicted octanol–water partition coefficient (Wildman–Crippen LogP) is 0.932. The van der Waals surface area contributed by atoms with E-state index in [0.717, 1.165) is 25.4 Å². The molecule has 2 aliphatic heterocycles. The van der Waals surface area contributed by atoms with Gasteiger partial charge in [-0.2, -0.15) is 0 Å². The molecular weight excluding hydrogens is 326 g/mol.